The number of nitrogens with two attached hydrogens (primary N) is 1. The maximum atomic E-state index is 13.0. The van der Waals surface area contributed by atoms with E-state index in [0.717, 1.165) is 25.7 Å². The van der Waals surface area contributed by atoms with E-state index >= 15 is 0 Å². The van der Waals surface area contributed by atoms with Gasteiger partial charge in [-0.25, -0.2) is 4.39 Å². The van der Waals surface area contributed by atoms with Gasteiger partial charge in [-0.3, -0.25) is 4.79 Å². The van der Waals surface area contributed by atoms with Crippen molar-refractivity contribution in [3.63, 3.8) is 0 Å². The third-order valence-electron chi connectivity index (χ3n) is 4.38. The molecule has 116 valence electrons. The number of hydrogen-bond acceptors (Lipinski definition) is 3. The number of rotatable bonds is 4. The van der Waals surface area contributed by atoms with E-state index < -0.39 is 5.82 Å². The van der Waals surface area contributed by atoms with E-state index in [1.165, 1.54) is 18.2 Å². The summed E-state index contributed by atoms with van der Waals surface area (Å²) in [4.78, 5) is 12.3. The smallest absolute Gasteiger partial charge is 0.253 e. The fourth-order valence-electron chi connectivity index (χ4n) is 2.90. The molecule has 3 N–H and O–H groups in total. The quantitative estimate of drug-likeness (QED) is 0.839. The fraction of sp³-hybridized carbons (Fsp3) is 0.562. The predicted molar refractivity (Wildman–Crippen MR) is 80.6 cm³/mol. The second-order valence-corrected chi connectivity index (χ2v) is 5.63. The van der Waals surface area contributed by atoms with Gasteiger partial charge in [-0.05, 0) is 43.9 Å². The van der Waals surface area contributed by atoms with Gasteiger partial charge in [0.1, 0.15) is 5.82 Å². The molecule has 1 aliphatic heterocycles. The largest absolute Gasteiger partial charge is 0.398 e. The Kier molecular flexibility index (Phi) is 4.83. The topological polar surface area (TPSA) is 64.4 Å². The number of anilines is 1. The van der Waals surface area contributed by atoms with Gasteiger partial charge in [0.2, 0.25) is 0 Å². The molecule has 0 radical (unpaired) electrons. The first-order chi connectivity index (χ1) is 9.99. The Morgan fingerprint density at radius 2 is 2.19 bits per heavy atom. The number of carbonyl (C=O) groups excluding carboxylic acids is 1. The second-order valence-electron chi connectivity index (χ2n) is 5.63. The van der Waals surface area contributed by atoms with Crippen LogP contribution in [0, 0.1) is 5.82 Å². The molecule has 0 bridgehead atoms. The minimum Gasteiger partial charge on any atom is -0.398 e. The first-order valence-corrected chi connectivity index (χ1v) is 7.49. The Bertz CT molecular complexity index is 515. The highest BCUT2D eigenvalue weighted by molar-refractivity contribution is 5.99. The van der Waals surface area contributed by atoms with Crippen molar-refractivity contribution in [3.8, 4) is 0 Å². The van der Waals surface area contributed by atoms with Crippen LogP contribution in [0.25, 0.3) is 0 Å². The number of halogens is 1. The summed E-state index contributed by atoms with van der Waals surface area (Å²) in [5, 5.41) is 3.00. The highest BCUT2D eigenvalue weighted by Crippen LogP contribution is 2.31. The Balaban J connectivity index is 2.05. The van der Waals surface area contributed by atoms with E-state index in [-0.39, 0.29) is 23.2 Å². The molecule has 1 heterocycles. The maximum Gasteiger partial charge on any atom is 0.253 e. The van der Waals surface area contributed by atoms with E-state index in [0.29, 0.717) is 12.2 Å². The summed E-state index contributed by atoms with van der Waals surface area (Å²) in [7, 11) is 0. The fourth-order valence-corrected chi connectivity index (χ4v) is 2.90. The molecule has 2 rings (SSSR count). The van der Waals surface area contributed by atoms with Gasteiger partial charge in [0.25, 0.3) is 5.91 Å². The first kappa shape index (κ1) is 15.8. The summed E-state index contributed by atoms with van der Waals surface area (Å²) < 4.78 is 18.9. The molecule has 1 aromatic rings. The van der Waals surface area contributed by atoms with Crippen LogP contribution in [-0.4, -0.2) is 24.2 Å². The molecule has 1 saturated heterocycles. The highest BCUT2D eigenvalue weighted by atomic mass is 19.1. The van der Waals surface area contributed by atoms with E-state index in [2.05, 4.69) is 19.2 Å². The molecular formula is C16H23FN2O2. The molecule has 0 aromatic heterocycles. The van der Waals surface area contributed by atoms with Crippen LogP contribution in [-0.2, 0) is 4.74 Å². The minimum absolute atomic E-state index is 0.0654. The lowest BCUT2D eigenvalue weighted by Crippen LogP contribution is -2.48. The zero-order chi connectivity index (χ0) is 15.5. The van der Waals surface area contributed by atoms with Crippen molar-refractivity contribution in [2.75, 3.05) is 12.3 Å². The zero-order valence-corrected chi connectivity index (χ0v) is 12.6. The van der Waals surface area contributed by atoms with Crippen LogP contribution in [0.2, 0.25) is 0 Å². The lowest BCUT2D eigenvalue weighted by atomic mass is 9.86. The van der Waals surface area contributed by atoms with Crippen LogP contribution in [0.5, 0.6) is 0 Å². The summed E-state index contributed by atoms with van der Waals surface area (Å²) in [6.45, 7) is 4.85. The molecule has 1 atom stereocenters. The van der Waals surface area contributed by atoms with Crippen molar-refractivity contribution in [1.82, 2.24) is 5.32 Å². The molecule has 1 aliphatic rings. The summed E-state index contributed by atoms with van der Waals surface area (Å²) in [6, 6.07) is 3.90. The SMILES string of the molecule is CCC1(CC)CC(NC(=O)c2ccc(F)cc2N)CCO1. The molecule has 21 heavy (non-hydrogen) atoms. The van der Waals surface area contributed by atoms with Crippen molar-refractivity contribution in [2.24, 2.45) is 0 Å². The van der Waals surface area contributed by atoms with E-state index in [1.807, 2.05) is 0 Å². The molecule has 1 amide bonds. The lowest BCUT2D eigenvalue weighted by Gasteiger charge is -2.40. The molecular weight excluding hydrogens is 271 g/mol. The van der Waals surface area contributed by atoms with Gasteiger partial charge in [-0.2, -0.15) is 0 Å². The zero-order valence-electron chi connectivity index (χ0n) is 12.6. The van der Waals surface area contributed by atoms with E-state index in [9.17, 15) is 9.18 Å². The van der Waals surface area contributed by atoms with Gasteiger partial charge in [-0.15, -0.1) is 0 Å². The van der Waals surface area contributed by atoms with Gasteiger partial charge in [0.15, 0.2) is 0 Å². The van der Waals surface area contributed by atoms with E-state index in [4.69, 9.17) is 10.5 Å². The predicted octanol–water partition coefficient (Wildman–Crippen LogP) is 2.88. The summed E-state index contributed by atoms with van der Waals surface area (Å²) >= 11 is 0. The maximum absolute atomic E-state index is 13.0. The number of benzene rings is 1. The van der Waals surface area contributed by atoms with Gasteiger partial charge in [0, 0.05) is 18.3 Å². The van der Waals surface area contributed by atoms with Crippen LogP contribution >= 0.6 is 0 Å². The highest BCUT2D eigenvalue weighted by Gasteiger charge is 2.35. The number of hydrogen-bond donors (Lipinski definition) is 2. The number of amides is 1. The van der Waals surface area contributed by atoms with Gasteiger partial charge < -0.3 is 15.8 Å². The molecule has 1 unspecified atom stereocenters. The Labute approximate surface area is 124 Å². The third-order valence-corrected chi connectivity index (χ3v) is 4.38. The van der Waals surface area contributed by atoms with Crippen LogP contribution in [0.4, 0.5) is 10.1 Å². The molecule has 1 fully saturated rings. The Hall–Kier alpha value is -1.62. The number of carbonyl (C=O) groups is 1. The van der Waals surface area contributed by atoms with Gasteiger partial charge in [0.05, 0.1) is 11.2 Å². The molecule has 0 saturated carbocycles. The molecule has 1 aromatic carbocycles. The van der Waals surface area contributed by atoms with Crippen molar-refractivity contribution in [3.05, 3.63) is 29.6 Å². The molecule has 0 aliphatic carbocycles. The van der Waals surface area contributed by atoms with Crippen molar-refractivity contribution < 1.29 is 13.9 Å². The van der Waals surface area contributed by atoms with Crippen molar-refractivity contribution >= 4 is 11.6 Å². The summed E-state index contributed by atoms with van der Waals surface area (Å²) in [5.41, 5.74) is 6.04. The standard InChI is InChI=1S/C16H23FN2O2/c1-3-16(4-2)10-12(7-8-21-16)19-15(20)13-6-5-11(17)9-14(13)18/h5-6,9,12H,3-4,7-8,10,18H2,1-2H3,(H,19,20). The van der Waals surface area contributed by atoms with Crippen LogP contribution in [0.1, 0.15) is 49.9 Å². The minimum atomic E-state index is -0.439. The monoisotopic (exact) mass is 294 g/mol. The van der Waals surface area contributed by atoms with E-state index in [1.54, 1.807) is 0 Å². The van der Waals surface area contributed by atoms with Crippen molar-refractivity contribution in [1.29, 1.82) is 0 Å². The number of ether oxygens (including phenoxy) is 1. The Morgan fingerprint density at radius 3 is 2.81 bits per heavy atom. The summed E-state index contributed by atoms with van der Waals surface area (Å²) in [6.07, 6.45) is 3.44. The second kappa shape index (κ2) is 6.43. The van der Waals surface area contributed by atoms with Gasteiger partial charge in [-0.1, -0.05) is 13.8 Å². The number of nitrogens with one attached hydrogen (secondary N) is 1. The average molecular weight is 294 g/mol. The molecule has 4 nitrogen and oxygen atoms in total. The summed E-state index contributed by atoms with van der Waals surface area (Å²) in [5.74, 6) is -0.688. The van der Waals surface area contributed by atoms with Crippen LogP contribution < -0.4 is 11.1 Å². The average Bonchev–Trinajstić information content (AvgIpc) is 2.47. The van der Waals surface area contributed by atoms with Crippen LogP contribution in [0.15, 0.2) is 18.2 Å². The molecule has 0 spiro atoms. The number of nitrogen functional groups attached to an aromatic ring is 1. The first-order valence-electron chi connectivity index (χ1n) is 7.49. The third kappa shape index (κ3) is 3.53. The normalized spacial score (nSPS) is 21.0. The van der Waals surface area contributed by atoms with Crippen LogP contribution in [0.3, 0.4) is 0 Å². The van der Waals surface area contributed by atoms with Crippen molar-refractivity contribution in [2.45, 2.75) is 51.2 Å². The lowest BCUT2D eigenvalue weighted by molar-refractivity contribution is -0.0917. The Morgan fingerprint density at radius 1 is 1.48 bits per heavy atom. The molecule has 5 heteroatoms. The van der Waals surface area contributed by atoms with Gasteiger partial charge >= 0.3 is 0 Å².